The van der Waals surface area contributed by atoms with Crippen LogP contribution < -0.4 is 15.9 Å². The van der Waals surface area contributed by atoms with Crippen LogP contribution in [-0.2, 0) is 5.33 Å². The van der Waals surface area contributed by atoms with E-state index in [1.807, 2.05) is 0 Å². The molecular weight excluding hydrogens is 431 g/mol. The Morgan fingerprint density at radius 2 is 1.13 bits per heavy atom. The van der Waals surface area contributed by atoms with Crippen LogP contribution in [0.5, 0.6) is 0 Å². The third-order valence-corrected chi connectivity index (χ3v) is 13.3. The van der Waals surface area contributed by atoms with Gasteiger partial charge < -0.3 is 0 Å². The molecule has 0 saturated carbocycles. The molecule has 0 N–H and O–H groups in total. The monoisotopic (exact) mass is 448 g/mol. The Morgan fingerprint density at radius 3 is 1.61 bits per heavy atom. The average Bonchev–Trinajstić information content (AvgIpc) is 2.63. The predicted octanol–water partition coefficient (Wildman–Crippen LogP) is 5.35. The third kappa shape index (κ3) is 2.82. The average molecular weight is 450 g/mol. The summed E-state index contributed by atoms with van der Waals surface area (Å²) in [7, 11) is 0. The van der Waals surface area contributed by atoms with E-state index in [1.165, 1.54) is 21.5 Å². The van der Waals surface area contributed by atoms with Crippen LogP contribution in [0.25, 0.3) is 0 Å². The Balaban J connectivity index is 2.41. The Hall–Kier alpha value is -0.950. The number of hydrogen-bond acceptors (Lipinski definition) is 0. The fourth-order valence-corrected chi connectivity index (χ4v) is 10.2. The number of alkyl halides is 1. The summed E-state index contributed by atoms with van der Waals surface area (Å²) in [4.78, 5) is 0. The van der Waals surface area contributed by atoms with E-state index >= 15 is 0 Å². The second kappa shape index (κ2) is 6.51. The molecule has 0 bridgehead atoms. The van der Waals surface area contributed by atoms with Crippen molar-refractivity contribution in [2.24, 2.45) is 0 Å². The van der Waals surface area contributed by atoms with Gasteiger partial charge in [-0.15, -0.1) is 0 Å². The first kappa shape index (κ1) is 16.9. The molecule has 3 aromatic carbocycles. The molecule has 0 saturated heterocycles. The van der Waals surface area contributed by atoms with Gasteiger partial charge in [0, 0.05) is 0 Å². The molecule has 0 unspecified atom stereocenters. The van der Waals surface area contributed by atoms with E-state index in [2.05, 4.69) is 123 Å². The maximum absolute atomic E-state index is 4.32. The van der Waals surface area contributed by atoms with Crippen LogP contribution in [0, 0.1) is 0 Å². The molecule has 0 aliphatic heterocycles. The minimum absolute atomic E-state index is 0.847. The van der Waals surface area contributed by atoms with Crippen molar-refractivity contribution in [3.05, 3.63) is 90.5 Å². The zero-order valence-corrected chi connectivity index (χ0v) is 17.1. The van der Waals surface area contributed by atoms with E-state index in [4.69, 9.17) is 0 Å². The summed E-state index contributed by atoms with van der Waals surface area (Å²) in [6.45, 7) is 2.39. The van der Waals surface area contributed by atoms with Crippen molar-refractivity contribution in [3.8, 4) is 0 Å². The summed E-state index contributed by atoms with van der Waals surface area (Å²) in [5.74, 6) is 0. The number of hydrogen-bond donors (Lipinski definition) is 0. The summed E-state index contributed by atoms with van der Waals surface area (Å²) in [5.41, 5.74) is 1.33. The second-order valence-corrected chi connectivity index (χ2v) is 16.1. The van der Waals surface area contributed by atoms with E-state index in [-0.39, 0.29) is 0 Å². The molecule has 3 heteroatoms. The standard InChI is InChI=1S/C20H19Br2P/c1-23(22,18-11-4-2-5-12-18,19-13-6-3-7-14-19)20-15-9-8-10-17(20)16-21/h2-15H,16H2,1H3. The molecule has 0 atom stereocenters. The van der Waals surface area contributed by atoms with Gasteiger partial charge in [-0.3, -0.25) is 0 Å². The van der Waals surface area contributed by atoms with Crippen LogP contribution in [0.15, 0.2) is 84.9 Å². The maximum atomic E-state index is 4.32. The van der Waals surface area contributed by atoms with Gasteiger partial charge in [0.2, 0.25) is 0 Å². The predicted molar refractivity (Wildman–Crippen MR) is 113 cm³/mol. The van der Waals surface area contributed by atoms with Gasteiger partial charge in [0.1, 0.15) is 0 Å². The molecule has 0 amide bonds. The first-order valence-electron chi connectivity index (χ1n) is 7.56. The number of halogens is 2. The first-order valence-corrected chi connectivity index (χ1v) is 13.4. The topological polar surface area (TPSA) is 0 Å². The van der Waals surface area contributed by atoms with Crippen molar-refractivity contribution in [3.63, 3.8) is 0 Å². The normalized spacial score (nSPS) is 13.3. The third-order valence-electron chi connectivity index (χ3n) is 4.45. The van der Waals surface area contributed by atoms with Gasteiger partial charge in [-0.2, -0.15) is 0 Å². The summed E-state index contributed by atoms with van der Waals surface area (Å²) in [6, 6.07) is 30.4. The van der Waals surface area contributed by atoms with Gasteiger partial charge in [0.15, 0.2) is 0 Å². The molecule has 0 nitrogen and oxygen atoms in total. The number of rotatable bonds is 4. The minimum atomic E-state index is -2.66. The molecule has 0 fully saturated rings. The van der Waals surface area contributed by atoms with Crippen molar-refractivity contribution < 1.29 is 0 Å². The van der Waals surface area contributed by atoms with Crippen LogP contribution in [0.4, 0.5) is 0 Å². The summed E-state index contributed by atoms with van der Waals surface area (Å²) in [6.07, 6.45) is 0. The van der Waals surface area contributed by atoms with E-state index in [0.29, 0.717) is 0 Å². The quantitative estimate of drug-likeness (QED) is 0.372. The van der Waals surface area contributed by atoms with Crippen LogP contribution >= 0.6 is 36.7 Å². The Kier molecular flexibility index (Phi) is 4.78. The second-order valence-electron chi connectivity index (χ2n) is 5.86. The van der Waals surface area contributed by atoms with Crippen LogP contribution in [0.3, 0.4) is 0 Å². The van der Waals surface area contributed by atoms with Gasteiger partial charge >= 0.3 is 155 Å². The first-order chi connectivity index (χ1) is 11.1. The molecule has 0 spiro atoms. The molecule has 0 aromatic heterocycles. The Morgan fingerprint density at radius 1 is 0.696 bits per heavy atom. The fraction of sp³-hybridized carbons (Fsp3) is 0.100. The van der Waals surface area contributed by atoms with Crippen LogP contribution in [0.1, 0.15) is 5.56 Å². The van der Waals surface area contributed by atoms with E-state index in [1.54, 1.807) is 0 Å². The van der Waals surface area contributed by atoms with E-state index in [9.17, 15) is 0 Å². The zero-order chi connectivity index (χ0) is 16.4. The van der Waals surface area contributed by atoms with E-state index < -0.39 is 5.31 Å². The summed E-state index contributed by atoms with van der Waals surface area (Å²) >= 11 is 7.99. The fourth-order valence-electron chi connectivity index (χ4n) is 3.13. The molecule has 0 aliphatic rings. The molecule has 0 aliphatic carbocycles. The van der Waals surface area contributed by atoms with Gasteiger partial charge in [-0.05, 0) is 0 Å². The molecular formula is C20H19Br2P. The van der Waals surface area contributed by atoms with Crippen molar-refractivity contribution in [1.82, 2.24) is 0 Å². The van der Waals surface area contributed by atoms with Crippen LogP contribution in [-0.4, -0.2) is 6.66 Å². The van der Waals surface area contributed by atoms with Gasteiger partial charge in [-0.25, -0.2) is 0 Å². The molecule has 3 rings (SSSR count). The zero-order valence-electron chi connectivity index (χ0n) is 13.0. The van der Waals surface area contributed by atoms with Crippen molar-refractivity contribution in [2.45, 2.75) is 5.33 Å². The Bertz CT molecular complexity index is 755. The number of benzene rings is 3. The molecule has 0 radical (unpaired) electrons. The molecule has 0 heterocycles. The summed E-state index contributed by atoms with van der Waals surface area (Å²) < 4.78 is 0. The summed E-state index contributed by atoms with van der Waals surface area (Å²) in [5, 5.41) is 2.26. The van der Waals surface area contributed by atoms with Crippen molar-refractivity contribution in [2.75, 3.05) is 6.66 Å². The van der Waals surface area contributed by atoms with Gasteiger partial charge in [0.25, 0.3) is 0 Å². The SMILES string of the molecule is CP(Br)(c1ccccc1)(c1ccccc1)c1ccccc1CBr. The Labute approximate surface area is 154 Å². The molecule has 23 heavy (non-hydrogen) atoms. The van der Waals surface area contributed by atoms with Gasteiger partial charge in [0.05, 0.1) is 0 Å². The van der Waals surface area contributed by atoms with E-state index in [0.717, 1.165) is 5.33 Å². The van der Waals surface area contributed by atoms with Crippen LogP contribution in [0.2, 0.25) is 0 Å². The molecule has 3 aromatic rings. The molecule has 118 valence electrons. The van der Waals surface area contributed by atoms with Crippen molar-refractivity contribution in [1.29, 1.82) is 0 Å². The van der Waals surface area contributed by atoms with Crippen molar-refractivity contribution >= 4 is 52.6 Å². The van der Waals surface area contributed by atoms with Gasteiger partial charge in [-0.1, -0.05) is 0 Å².